The van der Waals surface area contributed by atoms with Gasteiger partial charge in [0, 0.05) is 25.4 Å². The van der Waals surface area contributed by atoms with Gasteiger partial charge in [0.15, 0.2) is 6.80 Å². The van der Waals surface area contributed by atoms with E-state index in [2.05, 4.69) is 5.32 Å². The molecule has 0 aromatic heterocycles. The van der Waals surface area contributed by atoms with E-state index in [9.17, 15) is 19.0 Å². The Bertz CT molecular complexity index is 584. The normalized spacial score (nSPS) is 12.7. The molecule has 14 N–H and O–H groups in total. The van der Waals surface area contributed by atoms with Gasteiger partial charge in [-0.2, -0.15) is 0 Å². The fraction of sp³-hybridized carbons (Fsp3) is 0.333. The molecule has 1 heterocycles. The fourth-order valence-electron chi connectivity index (χ4n) is 1.99. The average molecular weight is 460 g/mol. The molecule has 1 atom stereocenters. The average Bonchev–Trinajstić information content (AvgIpc) is 2.66. The molecule has 16 heteroatoms. The number of carbonyl (C=O) groups excluding carboxylic acids is 2. The number of hydrogen-bond donors (Lipinski definition) is 2. The van der Waals surface area contributed by atoms with Gasteiger partial charge in [0.1, 0.15) is 0 Å². The van der Waals surface area contributed by atoms with Crippen LogP contribution >= 0.6 is 18.2 Å². The Kier molecular flexibility index (Phi) is 27.8. The standard InChI is InChI=1S/C12H15N2O5PS.Na.6H2O/c15-11-9-3-1-2-4-10(9)12(16)14(11)7-5-13-6-8-21-20(17,18)19;;;;;;;/h1-4,13H,5-8H2,(H2,17,18,19);;6*1H2/q;+1;;;;;;/p-1. The van der Waals surface area contributed by atoms with Crippen LogP contribution < -0.4 is 39.8 Å². The Morgan fingerprint density at radius 3 is 1.79 bits per heavy atom. The summed E-state index contributed by atoms with van der Waals surface area (Å²) in [6.07, 6.45) is 0. The first kappa shape index (κ1) is 41.8. The minimum atomic E-state index is -4.29. The third-order valence-corrected chi connectivity index (χ3v) is 5.16. The molecule has 2 rings (SSSR count). The van der Waals surface area contributed by atoms with Gasteiger partial charge in [-0.1, -0.05) is 23.5 Å². The summed E-state index contributed by atoms with van der Waals surface area (Å²) in [5.74, 6) is -0.434. The molecule has 2 amide bonds. The first-order chi connectivity index (χ1) is 9.90. The van der Waals surface area contributed by atoms with E-state index < -0.39 is 6.80 Å². The van der Waals surface area contributed by atoms with Crippen LogP contribution in [0, 0.1) is 0 Å². The zero-order valence-corrected chi connectivity index (χ0v) is 18.7. The van der Waals surface area contributed by atoms with Crippen LogP contribution in [0.25, 0.3) is 0 Å². The molecular formula is C12H26N2NaO11PS. The third kappa shape index (κ3) is 11.5. The Morgan fingerprint density at radius 1 is 0.964 bits per heavy atom. The van der Waals surface area contributed by atoms with E-state index in [-0.39, 0.29) is 86.5 Å². The van der Waals surface area contributed by atoms with Crippen molar-refractivity contribution < 1.29 is 86.4 Å². The smallest absolute Gasteiger partial charge is 0.770 e. The third-order valence-electron chi connectivity index (χ3n) is 2.92. The van der Waals surface area contributed by atoms with Gasteiger partial charge in [-0.3, -0.25) is 19.1 Å². The van der Waals surface area contributed by atoms with Crippen molar-refractivity contribution in [3.63, 3.8) is 0 Å². The zero-order valence-electron chi connectivity index (χ0n) is 15.0. The summed E-state index contributed by atoms with van der Waals surface area (Å²) in [7, 11) is 0. The van der Waals surface area contributed by atoms with Crippen molar-refractivity contribution in [3.05, 3.63) is 35.4 Å². The Balaban J connectivity index is -0.000000173. The maximum Gasteiger partial charge on any atom is 1.00 e. The van der Waals surface area contributed by atoms with Crippen molar-refractivity contribution >= 4 is 30.0 Å². The van der Waals surface area contributed by atoms with E-state index in [1.807, 2.05) is 0 Å². The zero-order chi connectivity index (χ0) is 15.5. The molecule has 0 spiro atoms. The monoisotopic (exact) mass is 460 g/mol. The SMILES string of the molecule is O.O.O.O.O.O.O=C1c2ccccc2C(=O)N1CCNCCSP(=O)([O-])O.[Na+]. The molecule has 0 bridgehead atoms. The molecule has 1 aliphatic rings. The molecule has 13 nitrogen and oxygen atoms in total. The van der Waals surface area contributed by atoms with Crippen LogP contribution in [-0.4, -0.2) is 79.9 Å². The van der Waals surface area contributed by atoms with Crippen LogP contribution in [0.15, 0.2) is 24.3 Å². The number of rotatable bonds is 7. The van der Waals surface area contributed by atoms with E-state index >= 15 is 0 Å². The maximum absolute atomic E-state index is 12.0. The van der Waals surface area contributed by atoms with Crippen molar-refractivity contribution in [3.8, 4) is 0 Å². The molecule has 162 valence electrons. The second kappa shape index (κ2) is 18.6. The summed E-state index contributed by atoms with van der Waals surface area (Å²) in [6, 6.07) is 6.65. The molecule has 0 saturated heterocycles. The van der Waals surface area contributed by atoms with Crippen molar-refractivity contribution in [2.45, 2.75) is 0 Å². The number of nitrogens with zero attached hydrogens (tertiary/aromatic N) is 1. The van der Waals surface area contributed by atoms with Gasteiger partial charge in [-0.15, -0.1) is 0 Å². The Hall–Kier alpha value is -0.420. The van der Waals surface area contributed by atoms with Crippen molar-refractivity contribution in [1.29, 1.82) is 0 Å². The van der Waals surface area contributed by atoms with Crippen LogP contribution in [0.4, 0.5) is 0 Å². The largest absolute Gasteiger partial charge is 1.00 e. The maximum atomic E-state index is 12.0. The number of benzene rings is 1. The molecule has 0 radical (unpaired) electrons. The number of fused-ring (bicyclic) bond motifs is 1. The molecule has 1 aromatic rings. The number of nitrogens with one attached hydrogen (secondary N) is 1. The van der Waals surface area contributed by atoms with Gasteiger partial charge in [-0.25, -0.2) is 0 Å². The summed E-state index contributed by atoms with van der Waals surface area (Å²) in [6.45, 7) is -3.36. The second-order valence-corrected chi connectivity index (χ2v) is 8.12. The van der Waals surface area contributed by atoms with Crippen LogP contribution in [0.3, 0.4) is 0 Å². The predicted molar refractivity (Wildman–Crippen MR) is 98.6 cm³/mol. The van der Waals surface area contributed by atoms with Gasteiger partial charge >= 0.3 is 29.6 Å². The Morgan fingerprint density at radius 2 is 1.39 bits per heavy atom. The summed E-state index contributed by atoms with van der Waals surface area (Å²) in [4.78, 5) is 44.3. The number of hydrogen-bond acceptors (Lipinski definition) is 6. The Labute approximate surface area is 186 Å². The van der Waals surface area contributed by atoms with Crippen molar-refractivity contribution in [2.75, 3.05) is 25.4 Å². The van der Waals surface area contributed by atoms with E-state index in [0.717, 1.165) is 4.90 Å². The van der Waals surface area contributed by atoms with Gasteiger partial charge in [0.2, 0.25) is 0 Å². The fourth-order valence-corrected chi connectivity index (χ4v) is 3.42. The predicted octanol–water partition coefficient (Wildman–Crippen LogP) is -7.88. The van der Waals surface area contributed by atoms with E-state index in [1.165, 1.54) is 0 Å². The number of amides is 2. The molecule has 0 aliphatic carbocycles. The van der Waals surface area contributed by atoms with Crippen LogP contribution in [0.5, 0.6) is 0 Å². The first-order valence-electron chi connectivity index (χ1n) is 6.24. The van der Waals surface area contributed by atoms with E-state index in [1.54, 1.807) is 24.3 Å². The summed E-state index contributed by atoms with van der Waals surface area (Å²) < 4.78 is 10.5. The van der Waals surface area contributed by atoms with Gasteiger partial charge < -0.3 is 48.0 Å². The van der Waals surface area contributed by atoms with Crippen molar-refractivity contribution in [2.24, 2.45) is 0 Å². The number of carbonyl (C=O) groups is 2. The van der Waals surface area contributed by atoms with Crippen LogP contribution in [-0.2, 0) is 4.57 Å². The molecule has 1 aliphatic heterocycles. The topological polar surface area (TPSA) is 299 Å². The second-order valence-electron chi connectivity index (χ2n) is 4.36. The molecular weight excluding hydrogens is 434 g/mol. The molecule has 28 heavy (non-hydrogen) atoms. The van der Waals surface area contributed by atoms with Crippen LogP contribution in [0.2, 0.25) is 0 Å². The molecule has 1 unspecified atom stereocenters. The molecule has 0 fully saturated rings. The quantitative estimate of drug-likeness (QED) is 0.171. The van der Waals surface area contributed by atoms with Crippen LogP contribution in [0.1, 0.15) is 20.7 Å². The summed E-state index contributed by atoms with van der Waals surface area (Å²) >= 11 is 0.453. The van der Waals surface area contributed by atoms with Crippen molar-refractivity contribution in [1.82, 2.24) is 10.2 Å². The van der Waals surface area contributed by atoms with E-state index in [0.29, 0.717) is 35.6 Å². The minimum absolute atomic E-state index is 0. The van der Waals surface area contributed by atoms with Gasteiger partial charge in [-0.05, 0) is 12.1 Å². The minimum Gasteiger partial charge on any atom is -0.770 e. The van der Waals surface area contributed by atoms with Gasteiger partial charge in [0.05, 0.1) is 11.1 Å². The molecule has 1 aromatic carbocycles. The summed E-state index contributed by atoms with van der Waals surface area (Å²) in [5, 5.41) is 2.91. The van der Waals surface area contributed by atoms with Gasteiger partial charge in [0.25, 0.3) is 11.8 Å². The molecule has 0 saturated carbocycles. The number of imide groups is 1. The summed E-state index contributed by atoms with van der Waals surface area (Å²) in [5.41, 5.74) is 0.816. The first-order valence-corrected chi connectivity index (χ1v) is 9.41. The van der Waals surface area contributed by atoms with E-state index in [4.69, 9.17) is 4.89 Å².